The van der Waals surface area contributed by atoms with E-state index in [4.69, 9.17) is 9.15 Å². The maximum absolute atomic E-state index is 11.7. The second-order valence-corrected chi connectivity index (χ2v) is 5.05. The summed E-state index contributed by atoms with van der Waals surface area (Å²) in [5.74, 6) is -0.670. The van der Waals surface area contributed by atoms with Crippen LogP contribution in [0, 0.1) is 5.41 Å². The fraction of sp³-hybridized carbons (Fsp3) is 0.429. The third kappa shape index (κ3) is 4.62. The van der Waals surface area contributed by atoms with Gasteiger partial charge in [-0.05, 0) is 12.1 Å². The first-order valence-corrected chi connectivity index (χ1v) is 5.84. The van der Waals surface area contributed by atoms with Crippen LogP contribution in [0.1, 0.15) is 32.6 Å². The monoisotopic (exact) mass is 266 g/mol. The SMILES string of the molecule is COC(=O)/C=C/C(=O)O[C@H](c1ccco1)C(C)(C)C. The van der Waals surface area contributed by atoms with Crippen molar-refractivity contribution in [1.82, 2.24) is 0 Å². The maximum Gasteiger partial charge on any atom is 0.331 e. The first-order chi connectivity index (χ1) is 8.84. The van der Waals surface area contributed by atoms with E-state index in [0.29, 0.717) is 5.76 Å². The van der Waals surface area contributed by atoms with E-state index in [2.05, 4.69) is 4.74 Å². The Kier molecular flexibility index (Phi) is 4.92. The number of furan rings is 1. The molecular formula is C14H18O5. The van der Waals surface area contributed by atoms with Crippen LogP contribution in [0.2, 0.25) is 0 Å². The zero-order chi connectivity index (χ0) is 14.5. The molecule has 0 aliphatic rings. The summed E-state index contributed by atoms with van der Waals surface area (Å²) in [5, 5.41) is 0. The fourth-order valence-electron chi connectivity index (χ4n) is 1.46. The summed E-state index contributed by atoms with van der Waals surface area (Å²) in [6.07, 6.45) is 3.04. The summed E-state index contributed by atoms with van der Waals surface area (Å²) >= 11 is 0. The number of carbonyl (C=O) groups is 2. The normalized spacial score (nSPS) is 13.3. The highest BCUT2D eigenvalue weighted by Crippen LogP contribution is 2.36. The zero-order valence-corrected chi connectivity index (χ0v) is 11.5. The van der Waals surface area contributed by atoms with Crippen LogP contribution in [0.5, 0.6) is 0 Å². The van der Waals surface area contributed by atoms with E-state index in [1.54, 1.807) is 12.1 Å². The van der Waals surface area contributed by atoms with Crippen molar-refractivity contribution >= 4 is 11.9 Å². The minimum absolute atomic E-state index is 0.327. The average Bonchev–Trinajstić information content (AvgIpc) is 2.84. The van der Waals surface area contributed by atoms with Gasteiger partial charge in [0.15, 0.2) is 6.10 Å². The maximum atomic E-state index is 11.7. The van der Waals surface area contributed by atoms with E-state index < -0.39 is 18.0 Å². The van der Waals surface area contributed by atoms with Gasteiger partial charge in [0.2, 0.25) is 0 Å². The van der Waals surface area contributed by atoms with E-state index in [1.165, 1.54) is 13.4 Å². The van der Waals surface area contributed by atoms with Crippen molar-refractivity contribution in [2.45, 2.75) is 26.9 Å². The molecule has 0 bridgehead atoms. The highest BCUT2D eigenvalue weighted by Gasteiger charge is 2.31. The molecule has 0 saturated carbocycles. The molecule has 19 heavy (non-hydrogen) atoms. The van der Waals surface area contributed by atoms with E-state index in [9.17, 15) is 9.59 Å². The van der Waals surface area contributed by atoms with Crippen LogP contribution >= 0.6 is 0 Å². The molecule has 1 atom stereocenters. The number of methoxy groups -OCH3 is 1. The Balaban J connectivity index is 2.77. The number of carbonyl (C=O) groups excluding carboxylic acids is 2. The lowest BCUT2D eigenvalue weighted by Crippen LogP contribution is -2.23. The Morgan fingerprint density at radius 3 is 2.37 bits per heavy atom. The smallest absolute Gasteiger partial charge is 0.331 e. The minimum atomic E-state index is -0.623. The predicted octanol–water partition coefficient (Wildman–Crippen LogP) is 2.64. The Bertz CT molecular complexity index is 451. The van der Waals surface area contributed by atoms with Crippen LogP contribution in [-0.4, -0.2) is 19.0 Å². The summed E-state index contributed by atoms with van der Waals surface area (Å²) in [4.78, 5) is 22.5. The molecule has 0 aromatic carbocycles. The molecule has 0 spiro atoms. The van der Waals surface area contributed by atoms with Crippen molar-refractivity contribution in [2.75, 3.05) is 7.11 Å². The van der Waals surface area contributed by atoms with Gasteiger partial charge in [-0.2, -0.15) is 0 Å². The van der Waals surface area contributed by atoms with Gasteiger partial charge in [0.1, 0.15) is 5.76 Å². The fourth-order valence-corrected chi connectivity index (χ4v) is 1.46. The van der Waals surface area contributed by atoms with Crippen molar-refractivity contribution in [3.8, 4) is 0 Å². The van der Waals surface area contributed by atoms with Crippen LogP contribution in [0.3, 0.4) is 0 Å². The molecule has 0 unspecified atom stereocenters. The van der Waals surface area contributed by atoms with E-state index in [-0.39, 0.29) is 5.41 Å². The van der Waals surface area contributed by atoms with Crippen LogP contribution in [0.25, 0.3) is 0 Å². The van der Waals surface area contributed by atoms with Crippen molar-refractivity contribution in [3.63, 3.8) is 0 Å². The first-order valence-electron chi connectivity index (χ1n) is 5.84. The van der Waals surface area contributed by atoms with Crippen molar-refractivity contribution in [1.29, 1.82) is 0 Å². The Labute approximate surface area is 112 Å². The largest absolute Gasteiger partial charge is 0.466 e. The molecule has 0 aliphatic carbocycles. The molecule has 1 heterocycles. The summed E-state index contributed by atoms with van der Waals surface area (Å²) in [6.45, 7) is 5.78. The van der Waals surface area contributed by atoms with Crippen molar-refractivity contribution in [3.05, 3.63) is 36.3 Å². The summed E-state index contributed by atoms with van der Waals surface area (Å²) < 4.78 is 15.0. The third-order valence-electron chi connectivity index (χ3n) is 2.38. The molecule has 0 aliphatic heterocycles. The Hall–Kier alpha value is -2.04. The van der Waals surface area contributed by atoms with Crippen molar-refractivity contribution < 1.29 is 23.5 Å². The standard InChI is InChI=1S/C14H18O5/c1-14(2,3)13(10-6-5-9-18-10)19-12(16)8-7-11(15)17-4/h5-9,13H,1-4H3/b8-7+/t13-/m1/s1. The Morgan fingerprint density at radius 2 is 1.89 bits per heavy atom. The summed E-state index contributed by atoms with van der Waals surface area (Å²) in [6, 6.07) is 3.47. The second kappa shape index (κ2) is 6.22. The quantitative estimate of drug-likeness (QED) is 0.619. The Morgan fingerprint density at radius 1 is 1.26 bits per heavy atom. The van der Waals surface area contributed by atoms with Gasteiger partial charge in [-0.15, -0.1) is 0 Å². The van der Waals surface area contributed by atoms with Gasteiger partial charge in [0.25, 0.3) is 0 Å². The van der Waals surface area contributed by atoms with E-state index in [1.807, 2.05) is 20.8 Å². The van der Waals surface area contributed by atoms with Gasteiger partial charge < -0.3 is 13.9 Å². The molecule has 0 radical (unpaired) electrons. The van der Waals surface area contributed by atoms with Gasteiger partial charge >= 0.3 is 11.9 Å². The lowest BCUT2D eigenvalue weighted by atomic mass is 9.87. The second-order valence-electron chi connectivity index (χ2n) is 5.05. The number of esters is 2. The minimum Gasteiger partial charge on any atom is -0.466 e. The first kappa shape index (κ1) is 15.0. The molecule has 0 fully saturated rings. The lowest BCUT2D eigenvalue weighted by molar-refractivity contribution is -0.151. The van der Waals surface area contributed by atoms with Gasteiger partial charge in [-0.3, -0.25) is 0 Å². The van der Waals surface area contributed by atoms with Crippen LogP contribution in [0.4, 0.5) is 0 Å². The molecular weight excluding hydrogens is 248 g/mol. The van der Waals surface area contributed by atoms with Gasteiger partial charge in [0.05, 0.1) is 13.4 Å². The molecule has 0 N–H and O–H groups in total. The molecule has 104 valence electrons. The number of ether oxygens (including phenoxy) is 2. The molecule has 5 heteroatoms. The van der Waals surface area contributed by atoms with Crippen LogP contribution < -0.4 is 0 Å². The number of hydrogen-bond donors (Lipinski definition) is 0. The topological polar surface area (TPSA) is 65.7 Å². The van der Waals surface area contributed by atoms with E-state index >= 15 is 0 Å². The van der Waals surface area contributed by atoms with Crippen molar-refractivity contribution in [2.24, 2.45) is 5.41 Å². The molecule has 1 rings (SSSR count). The van der Waals surface area contributed by atoms with Gasteiger partial charge in [-0.1, -0.05) is 20.8 Å². The zero-order valence-electron chi connectivity index (χ0n) is 11.5. The number of rotatable bonds is 4. The summed E-state index contributed by atoms with van der Waals surface area (Å²) in [5.41, 5.74) is -0.327. The third-order valence-corrected chi connectivity index (χ3v) is 2.38. The van der Waals surface area contributed by atoms with Crippen LogP contribution in [0.15, 0.2) is 35.0 Å². The number of hydrogen-bond acceptors (Lipinski definition) is 5. The average molecular weight is 266 g/mol. The van der Waals surface area contributed by atoms with Gasteiger partial charge in [-0.25, -0.2) is 9.59 Å². The van der Waals surface area contributed by atoms with Crippen LogP contribution in [-0.2, 0) is 19.1 Å². The molecule has 0 amide bonds. The highest BCUT2D eigenvalue weighted by atomic mass is 16.6. The summed E-state index contributed by atoms with van der Waals surface area (Å²) in [7, 11) is 1.23. The predicted molar refractivity (Wildman–Crippen MR) is 68.2 cm³/mol. The molecule has 1 aromatic rings. The van der Waals surface area contributed by atoms with Gasteiger partial charge in [0, 0.05) is 17.6 Å². The highest BCUT2D eigenvalue weighted by molar-refractivity contribution is 5.91. The molecule has 5 nitrogen and oxygen atoms in total. The molecule has 0 saturated heterocycles. The van der Waals surface area contributed by atoms with E-state index in [0.717, 1.165) is 12.2 Å². The lowest BCUT2D eigenvalue weighted by Gasteiger charge is -2.28. The molecule has 1 aromatic heterocycles.